The summed E-state index contributed by atoms with van der Waals surface area (Å²) in [7, 11) is 0. The van der Waals surface area contributed by atoms with Gasteiger partial charge < -0.3 is 19.3 Å². The van der Waals surface area contributed by atoms with Crippen molar-refractivity contribution in [1.29, 1.82) is 0 Å². The maximum atomic E-state index is 14.5. The molecule has 1 aromatic carbocycles. The maximum Gasteiger partial charge on any atom is 0.253 e. The summed E-state index contributed by atoms with van der Waals surface area (Å²) in [5.41, 5.74) is 1.02. The van der Waals surface area contributed by atoms with Crippen molar-refractivity contribution in [2.24, 2.45) is 0 Å². The quantitative estimate of drug-likeness (QED) is 0.824. The van der Waals surface area contributed by atoms with Crippen LogP contribution in [0.1, 0.15) is 43.0 Å². The molecule has 0 radical (unpaired) electrons. The van der Waals surface area contributed by atoms with E-state index in [2.05, 4.69) is 0 Å². The number of carbonyl (C=O) groups is 1. The Morgan fingerprint density at radius 1 is 1.20 bits per heavy atom. The molecule has 6 heteroatoms. The highest BCUT2D eigenvalue weighted by atomic mass is 19.1. The molecular weight excluding hydrogens is 323 g/mol. The summed E-state index contributed by atoms with van der Waals surface area (Å²) in [6.45, 7) is 5.52. The molecule has 1 spiro atoms. The molecule has 3 aliphatic heterocycles. The van der Waals surface area contributed by atoms with Gasteiger partial charge in [-0.25, -0.2) is 4.39 Å². The van der Waals surface area contributed by atoms with Gasteiger partial charge in [0.1, 0.15) is 5.82 Å². The first-order valence-corrected chi connectivity index (χ1v) is 9.22. The Labute approximate surface area is 147 Å². The van der Waals surface area contributed by atoms with E-state index in [0.29, 0.717) is 43.8 Å². The van der Waals surface area contributed by atoms with Crippen LogP contribution in [-0.2, 0) is 9.47 Å². The predicted molar refractivity (Wildman–Crippen MR) is 92.2 cm³/mol. The van der Waals surface area contributed by atoms with Gasteiger partial charge in [-0.05, 0) is 38.0 Å². The molecule has 0 aromatic heterocycles. The van der Waals surface area contributed by atoms with E-state index in [1.807, 2.05) is 11.8 Å². The Morgan fingerprint density at radius 2 is 1.92 bits per heavy atom. The number of nitrogens with zero attached hydrogens (tertiary/aromatic N) is 2. The first-order valence-electron chi connectivity index (χ1n) is 9.22. The Morgan fingerprint density at radius 3 is 2.52 bits per heavy atom. The number of carbonyl (C=O) groups excluding carboxylic acids is 1. The summed E-state index contributed by atoms with van der Waals surface area (Å²) < 4.78 is 26.1. The van der Waals surface area contributed by atoms with Gasteiger partial charge in [0.25, 0.3) is 5.91 Å². The minimum Gasteiger partial charge on any atom is -0.369 e. The average molecular weight is 348 g/mol. The van der Waals surface area contributed by atoms with E-state index >= 15 is 0 Å². The number of amides is 1. The van der Waals surface area contributed by atoms with Crippen molar-refractivity contribution in [2.45, 2.75) is 44.5 Å². The van der Waals surface area contributed by atoms with Crippen LogP contribution in [0.2, 0.25) is 0 Å². The third-order valence-electron chi connectivity index (χ3n) is 5.45. The molecule has 136 valence electrons. The maximum absolute atomic E-state index is 14.5. The Bertz CT molecular complexity index is 652. The summed E-state index contributed by atoms with van der Waals surface area (Å²) in [6.07, 6.45) is 3.63. The van der Waals surface area contributed by atoms with Crippen molar-refractivity contribution in [3.05, 3.63) is 29.6 Å². The van der Waals surface area contributed by atoms with Gasteiger partial charge in [-0.2, -0.15) is 0 Å². The van der Waals surface area contributed by atoms with Crippen molar-refractivity contribution >= 4 is 11.6 Å². The van der Waals surface area contributed by atoms with Gasteiger partial charge in [0.2, 0.25) is 0 Å². The largest absolute Gasteiger partial charge is 0.369 e. The van der Waals surface area contributed by atoms with E-state index in [1.165, 1.54) is 6.07 Å². The molecule has 3 fully saturated rings. The second kappa shape index (κ2) is 6.57. The highest BCUT2D eigenvalue weighted by molar-refractivity contribution is 5.94. The summed E-state index contributed by atoms with van der Waals surface area (Å²) in [4.78, 5) is 16.5. The number of anilines is 1. The molecule has 4 rings (SSSR count). The van der Waals surface area contributed by atoms with Crippen LogP contribution in [-0.4, -0.2) is 55.5 Å². The highest BCUT2D eigenvalue weighted by Gasteiger charge is 2.43. The Hall–Kier alpha value is -1.66. The van der Waals surface area contributed by atoms with E-state index in [9.17, 15) is 9.18 Å². The normalized spacial score (nSPS) is 25.8. The van der Waals surface area contributed by atoms with Gasteiger partial charge in [-0.1, -0.05) is 0 Å². The molecule has 1 aromatic rings. The van der Waals surface area contributed by atoms with E-state index in [1.54, 1.807) is 17.0 Å². The average Bonchev–Trinajstić information content (AvgIpc) is 3.25. The van der Waals surface area contributed by atoms with Crippen LogP contribution < -0.4 is 4.90 Å². The SMILES string of the molecule is CC1COC2(CCN(C(=O)c3ccc(N4CCCC4)c(F)c3)CC2)O1. The van der Waals surface area contributed by atoms with Crippen LogP contribution in [0.3, 0.4) is 0 Å². The van der Waals surface area contributed by atoms with Gasteiger partial charge in [-0.15, -0.1) is 0 Å². The highest BCUT2D eigenvalue weighted by Crippen LogP contribution is 2.34. The van der Waals surface area contributed by atoms with Crippen LogP contribution >= 0.6 is 0 Å². The van der Waals surface area contributed by atoms with Crippen molar-refractivity contribution < 1.29 is 18.7 Å². The first-order chi connectivity index (χ1) is 12.1. The van der Waals surface area contributed by atoms with E-state index in [4.69, 9.17) is 9.47 Å². The smallest absolute Gasteiger partial charge is 0.253 e. The lowest BCUT2D eigenvalue weighted by Gasteiger charge is -2.37. The van der Waals surface area contributed by atoms with Crippen molar-refractivity contribution in [2.75, 3.05) is 37.7 Å². The lowest BCUT2D eigenvalue weighted by atomic mass is 10.0. The number of piperidine rings is 1. The summed E-state index contributed by atoms with van der Waals surface area (Å²) in [5.74, 6) is -0.952. The molecule has 3 aliphatic rings. The predicted octanol–water partition coefficient (Wildman–Crippen LogP) is 2.79. The van der Waals surface area contributed by atoms with Crippen LogP contribution in [0.4, 0.5) is 10.1 Å². The van der Waals surface area contributed by atoms with Crippen molar-refractivity contribution in [1.82, 2.24) is 4.90 Å². The minimum absolute atomic E-state index is 0.106. The van der Waals surface area contributed by atoms with Crippen LogP contribution in [0.15, 0.2) is 18.2 Å². The van der Waals surface area contributed by atoms with Gasteiger partial charge in [0.15, 0.2) is 5.79 Å². The van der Waals surface area contributed by atoms with Crippen LogP contribution in [0.25, 0.3) is 0 Å². The number of hydrogen-bond donors (Lipinski definition) is 0. The number of benzene rings is 1. The fourth-order valence-corrected chi connectivity index (χ4v) is 4.05. The summed E-state index contributed by atoms with van der Waals surface area (Å²) in [5, 5.41) is 0. The zero-order chi connectivity index (χ0) is 17.4. The Kier molecular flexibility index (Phi) is 4.41. The molecule has 0 saturated carbocycles. The number of rotatable bonds is 2. The molecule has 1 unspecified atom stereocenters. The minimum atomic E-state index is -0.527. The fourth-order valence-electron chi connectivity index (χ4n) is 4.05. The lowest BCUT2D eigenvalue weighted by molar-refractivity contribution is -0.189. The molecule has 5 nitrogen and oxygen atoms in total. The molecule has 0 N–H and O–H groups in total. The van der Waals surface area contributed by atoms with Gasteiger partial charge >= 0.3 is 0 Å². The van der Waals surface area contributed by atoms with E-state index < -0.39 is 5.79 Å². The Balaban J connectivity index is 1.42. The zero-order valence-electron chi connectivity index (χ0n) is 14.7. The number of halogens is 1. The number of likely N-dealkylation sites (tertiary alicyclic amines) is 1. The van der Waals surface area contributed by atoms with Gasteiger partial charge in [-0.3, -0.25) is 4.79 Å². The number of hydrogen-bond acceptors (Lipinski definition) is 4. The monoisotopic (exact) mass is 348 g/mol. The second-order valence-electron chi connectivity index (χ2n) is 7.30. The third-order valence-corrected chi connectivity index (χ3v) is 5.45. The fraction of sp³-hybridized carbons (Fsp3) is 0.632. The lowest BCUT2D eigenvalue weighted by Crippen LogP contribution is -2.47. The number of ether oxygens (including phenoxy) is 2. The summed E-state index contributed by atoms with van der Waals surface area (Å²) in [6, 6.07) is 4.86. The molecule has 0 aliphatic carbocycles. The molecule has 1 atom stereocenters. The standard InChI is InChI=1S/C19H25FN2O3/c1-14-13-24-19(25-14)6-10-22(11-7-19)18(23)15-4-5-17(16(20)12-15)21-8-2-3-9-21/h4-5,12,14H,2-3,6-11,13H2,1H3. The van der Waals surface area contributed by atoms with E-state index in [0.717, 1.165) is 25.9 Å². The molecule has 1 amide bonds. The molecule has 3 saturated heterocycles. The van der Waals surface area contributed by atoms with Crippen LogP contribution in [0, 0.1) is 5.82 Å². The molecule has 3 heterocycles. The molecular formula is C19H25FN2O3. The topological polar surface area (TPSA) is 42.0 Å². The summed E-state index contributed by atoms with van der Waals surface area (Å²) >= 11 is 0. The first kappa shape index (κ1) is 16.8. The molecule has 0 bridgehead atoms. The van der Waals surface area contributed by atoms with E-state index in [-0.39, 0.29) is 17.8 Å². The van der Waals surface area contributed by atoms with Crippen molar-refractivity contribution in [3.63, 3.8) is 0 Å². The molecule has 25 heavy (non-hydrogen) atoms. The van der Waals surface area contributed by atoms with Gasteiger partial charge in [0, 0.05) is 44.6 Å². The van der Waals surface area contributed by atoms with Crippen LogP contribution in [0.5, 0.6) is 0 Å². The zero-order valence-corrected chi connectivity index (χ0v) is 14.7. The second-order valence-corrected chi connectivity index (χ2v) is 7.30. The van der Waals surface area contributed by atoms with Gasteiger partial charge in [0.05, 0.1) is 18.4 Å². The van der Waals surface area contributed by atoms with Crippen molar-refractivity contribution in [3.8, 4) is 0 Å². The third kappa shape index (κ3) is 3.25.